The van der Waals surface area contributed by atoms with E-state index in [1.54, 1.807) is 30.3 Å². The number of aliphatic hydroxyl groups is 1. The number of nitrogens with two attached hydrogens (primary N) is 1. The Kier molecular flexibility index (Phi) is 5.60. The van der Waals surface area contributed by atoms with Crippen LogP contribution in [0.3, 0.4) is 0 Å². The molecule has 1 aromatic carbocycles. The molecule has 0 spiro atoms. The normalized spacial score (nSPS) is 11.0. The number of hydrogen-bond donors (Lipinski definition) is 4. The summed E-state index contributed by atoms with van der Waals surface area (Å²) in [5, 5.41) is 20.7. The number of aromatic hydroxyl groups is 1. The van der Waals surface area contributed by atoms with E-state index in [1.807, 2.05) is 0 Å². The summed E-state index contributed by atoms with van der Waals surface area (Å²) in [5.74, 6) is -0.164. The molecule has 8 heteroatoms. The second-order valence-corrected chi connectivity index (χ2v) is 8.79. The Morgan fingerprint density at radius 3 is 2.55 bits per heavy atom. The molecule has 1 aromatic heterocycles. The van der Waals surface area contributed by atoms with Crippen LogP contribution in [-0.2, 0) is 0 Å². The third-order valence-electron chi connectivity index (χ3n) is 2.76. The average molecular weight is 382 g/mol. The standard InChI is InChI=1S/C14H15AsN2O4S/c16-14(21)15-12-10(13(20)17-5-6-18)7-11(22-12)8-1-3-9(19)4-2-8/h1-4,7,15,18-19H,5-6H2,(H2,16,21)(H,17,20). The van der Waals surface area contributed by atoms with Crippen molar-refractivity contribution in [1.29, 1.82) is 0 Å². The van der Waals surface area contributed by atoms with E-state index in [4.69, 9.17) is 10.8 Å². The molecule has 0 aliphatic heterocycles. The van der Waals surface area contributed by atoms with Crippen LogP contribution in [0.4, 0.5) is 4.79 Å². The van der Waals surface area contributed by atoms with Crippen LogP contribution in [0.5, 0.6) is 5.75 Å². The van der Waals surface area contributed by atoms with Crippen molar-refractivity contribution in [3.8, 4) is 16.2 Å². The predicted molar refractivity (Wildman–Crippen MR) is 87.2 cm³/mol. The first kappa shape index (κ1) is 16.5. The number of phenolic OH excluding ortho intramolecular Hbond substituents is 1. The van der Waals surface area contributed by atoms with Gasteiger partial charge in [0.25, 0.3) is 0 Å². The van der Waals surface area contributed by atoms with Crippen molar-refractivity contribution in [3.05, 3.63) is 35.9 Å². The number of phenols is 1. The molecule has 116 valence electrons. The van der Waals surface area contributed by atoms with E-state index in [1.165, 1.54) is 11.3 Å². The molecule has 0 aliphatic rings. The maximum atomic E-state index is 12.1. The molecule has 0 saturated heterocycles. The zero-order valence-corrected chi connectivity index (χ0v) is 14.4. The Morgan fingerprint density at radius 2 is 1.95 bits per heavy atom. The molecule has 0 fully saturated rings. The molecular formula is C14H15AsN2O4S. The summed E-state index contributed by atoms with van der Waals surface area (Å²) in [6, 6.07) is 8.32. The van der Waals surface area contributed by atoms with E-state index in [0.29, 0.717) is 9.23 Å². The van der Waals surface area contributed by atoms with Gasteiger partial charge in [-0.05, 0) is 0 Å². The maximum absolute atomic E-state index is 12.1. The Balaban J connectivity index is 2.36. The Labute approximate surface area is 137 Å². The molecule has 0 bridgehead atoms. The first-order chi connectivity index (χ1) is 10.5. The number of nitrogens with one attached hydrogen (secondary N) is 1. The summed E-state index contributed by atoms with van der Waals surface area (Å²) in [4.78, 5) is 24.2. The molecule has 0 aliphatic carbocycles. The molecule has 2 rings (SSSR count). The molecule has 1 unspecified atom stereocenters. The van der Waals surface area contributed by atoms with Crippen LogP contribution in [0.25, 0.3) is 10.4 Å². The van der Waals surface area contributed by atoms with Crippen molar-refractivity contribution < 1.29 is 19.8 Å². The first-order valence-electron chi connectivity index (χ1n) is 6.40. The van der Waals surface area contributed by atoms with Crippen molar-refractivity contribution in [2.24, 2.45) is 5.73 Å². The van der Waals surface area contributed by atoms with E-state index in [9.17, 15) is 14.7 Å². The van der Waals surface area contributed by atoms with Crippen molar-refractivity contribution in [2.75, 3.05) is 13.2 Å². The minimum absolute atomic E-state index is 0.151. The fourth-order valence-electron chi connectivity index (χ4n) is 1.80. The zero-order chi connectivity index (χ0) is 16.1. The van der Waals surface area contributed by atoms with E-state index in [2.05, 4.69) is 5.32 Å². The number of thiophene rings is 1. The number of hydrogen-bond acceptors (Lipinski definition) is 5. The van der Waals surface area contributed by atoms with Gasteiger partial charge in [0.2, 0.25) is 0 Å². The molecular weight excluding hydrogens is 367 g/mol. The van der Waals surface area contributed by atoms with Crippen LogP contribution in [0.1, 0.15) is 10.4 Å². The predicted octanol–water partition coefficient (Wildman–Crippen LogP) is -0.0167. The SMILES string of the molecule is NC(=O)[AsH]c1sc(-c2ccc(O)cc2)cc1C(=O)NCCO. The first-order valence-corrected chi connectivity index (χ1v) is 9.31. The van der Waals surface area contributed by atoms with Gasteiger partial charge in [0.1, 0.15) is 0 Å². The van der Waals surface area contributed by atoms with Gasteiger partial charge in [-0.3, -0.25) is 0 Å². The number of carbonyl (C=O) groups excluding carboxylic acids is 2. The summed E-state index contributed by atoms with van der Waals surface area (Å²) in [6.07, 6.45) is 0. The van der Waals surface area contributed by atoms with Gasteiger partial charge in [-0.2, -0.15) is 0 Å². The van der Waals surface area contributed by atoms with Gasteiger partial charge >= 0.3 is 137 Å². The number of primary amides is 1. The third kappa shape index (κ3) is 4.10. The second kappa shape index (κ2) is 7.44. The van der Waals surface area contributed by atoms with E-state index < -0.39 is 20.4 Å². The monoisotopic (exact) mass is 382 g/mol. The van der Waals surface area contributed by atoms with Crippen molar-refractivity contribution in [2.45, 2.75) is 0 Å². The Morgan fingerprint density at radius 1 is 1.27 bits per heavy atom. The zero-order valence-electron chi connectivity index (χ0n) is 11.5. The summed E-state index contributed by atoms with van der Waals surface area (Å²) >= 11 is 0.115. The quantitative estimate of drug-likeness (QED) is 0.526. The van der Waals surface area contributed by atoms with Crippen LogP contribution < -0.4 is 14.7 Å². The molecule has 6 nitrogen and oxygen atoms in total. The van der Waals surface area contributed by atoms with Crippen LogP contribution in [-0.4, -0.2) is 49.7 Å². The second-order valence-electron chi connectivity index (χ2n) is 4.37. The molecule has 2 aromatic rings. The van der Waals surface area contributed by atoms with Gasteiger partial charge in [0.05, 0.1) is 0 Å². The molecule has 0 saturated carbocycles. The number of rotatable bonds is 6. The Bertz CT molecular complexity index is 685. The fraction of sp³-hybridized carbons (Fsp3) is 0.143. The van der Waals surface area contributed by atoms with Gasteiger partial charge in [-0.1, -0.05) is 0 Å². The Hall–Kier alpha value is -1.82. The van der Waals surface area contributed by atoms with Crippen molar-refractivity contribution in [1.82, 2.24) is 5.32 Å². The van der Waals surface area contributed by atoms with Crippen LogP contribution in [0, 0.1) is 0 Å². The van der Waals surface area contributed by atoms with Crippen molar-refractivity contribution in [3.63, 3.8) is 0 Å². The van der Waals surface area contributed by atoms with Crippen LogP contribution in [0.15, 0.2) is 30.3 Å². The molecule has 1 atom stereocenters. The van der Waals surface area contributed by atoms with E-state index in [-0.39, 0.29) is 24.8 Å². The van der Waals surface area contributed by atoms with Gasteiger partial charge in [0.15, 0.2) is 0 Å². The van der Waals surface area contributed by atoms with E-state index >= 15 is 0 Å². The topological polar surface area (TPSA) is 113 Å². The molecule has 0 radical (unpaired) electrons. The van der Waals surface area contributed by atoms with Crippen LogP contribution in [0.2, 0.25) is 0 Å². The molecule has 2 amide bonds. The molecule has 22 heavy (non-hydrogen) atoms. The molecule has 1 heterocycles. The summed E-state index contributed by atoms with van der Waals surface area (Å²) in [6.45, 7) is 0.00136. The number of carbonyl (C=O) groups is 2. The van der Waals surface area contributed by atoms with Gasteiger partial charge < -0.3 is 0 Å². The van der Waals surface area contributed by atoms with Gasteiger partial charge in [-0.25, -0.2) is 0 Å². The average Bonchev–Trinajstić information content (AvgIpc) is 2.88. The number of aliphatic hydroxyl groups excluding tert-OH is 1. The molecule has 5 N–H and O–H groups in total. The number of amides is 2. The fourth-order valence-corrected chi connectivity index (χ4v) is 5.44. The van der Waals surface area contributed by atoms with E-state index in [0.717, 1.165) is 10.4 Å². The summed E-state index contributed by atoms with van der Waals surface area (Å²) < 4.78 is 0.307. The summed E-state index contributed by atoms with van der Waals surface area (Å²) in [7, 11) is 0. The van der Waals surface area contributed by atoms with Gasteiger partial charge in [0, 0.05) is 0 Å². The number of benzene rings is 1. The minimum atomic E-state index is -1.24. The van der Waals surface area contributed by atoms with Crippen molar-refractivity contribution >= 4 is 41.4 Å². The van der Waals surface area contributed by atoms with Gasteiger partial charge in [-0.15, -0.1) is 0 Å². The van der Waals surface area contributed by atoms with Crippen LogP contribution >= 0.6 is 11.3 Å². The summed E-state index contributed by atoms with van der Waals surface area (Å²) in [5.41, 5.74) is 6.56. The third-order valence-corrected chi connectivity index (χ3v) is 6.49.